The maximum atomic E-state index is 12.6. The minimum absolute atomic E-state index is 0. The van der Waals surface area contributed by atoms with Gasteiger partial charge in [-0.1, -0.05) is 60.7 Å². The number of hydrogen-bond donors (Lipinski definition) is 8. The Morgan fingerprint density at radius 1 is 0.897 bits per heavy atom. The van der Waals surface area contributed by atoms with Gasteiger partial charge in [0, 0.05) is 50.7 Å². The summed E-state index contributed by atoms with van der Waals surface area (Å²) >= 11 is 0. The first kappa shape index (κ1) is 44.1. The average Bonchev–Trinajstić information content (AvgIpc) is 3.75. The smallest absolute Gasteiger partial charge is 0.373 e. The van der Waals surface area contributed by atoms with E-state index in [0.29, 0.717) is 31.5 Å². The van der Waals surface area contributed by atoms with Crippen molar-refractivity contribution >= 4 is 59.1 Å². The first-order valence-corrected chi connectivity index (χ1v) is 18.3. The number of carbonyl (C=O) groups excluding carboxylic acids is 3. The van der Waals surface area contributed by atoms with E-state index in [9.17, 15) is 19.2 Å². The van der Waals surface area contributed by atoms with Gasteiger partial charge in [-0.2, -0.15) is 0 Å². The van der Waals surface area contributed by atoms with E-state index in [-0.39, 0.29) is 41.9 Å². The van der Waals surface area contributed by atoms with Crippen LogP contribution in [0.25, 0.3) is 0 Å². The second-order valence-corrected chi connectivity index (χ2v) is 13.9. The van der Waals surface area contributed by atoms with Gasteiger partial charge in [-0.25, -0.2) is 14.8 Å². The predicted octanol–water partition coefficient (Wildman–Crippen LogP) is 3.34. The maximum absolute atomic E-state index is 12.6. The van der Waals surface area contributed by atoms with Gasteiger partial charge in [-0.3, -0.25) is 24.9 Å². The van der Waals surface area contributed by atoms with E-state index in [0.717, 1.165) is 52.2 Å². The van der Waals surface area contributed by atoms with Crippen LogP contribution in [0.3, 0.4) is 0 Å². The highest BCUT2D eigenvalue weighted by Crippen LogP contribution is 2.28. The quantitative estimate of drug-likeness (QED) is 0.0922. The molecule has 0 bridgehead atoms. The van der Waals surface area contributed by atoms with E-state index in [1.165, 1.54) is 5.69 Å². The summed E-state index contributed by atoms with van der Waals surface area (Å²) in [4.78, 5) is 54.6. The van der Waals surface area contributed by atoms with Crippen LogP contribution in [0.15, 0.2) is 78.0 Å². The van der Waals surface area contributed by atoms with E-state index in [4.69, 9.17) is 22.0 Å². The van der Waals surface area contributed by atoms with Gasteiger partial charge in [0.05, 0.1) is 17.4 Å². The number of aliphatic carboxylic acids is 1. The number of nitrogens with two attached hydrogens (primary N) is 2. The monoisotopic (exact) mass is 812 g/mol. The fraction of sp³-hybridized carbons (Fsp3) is 0.300. The van der Waals surface area contributed by atoms with Gasteiger partial charge in [0.25, 0.3) is 5.91 Å². The molecule has 0 saturated carbocycles. The van der Waals surface area contributed by atoms with E-state index >= 15 is 0 Å². The number of hydrogen-bond acceptors (Lipinski definition) is 8. The summed E-state index contributed by atoms with van der Waals surface area (Å²) in [7, 11) is 3.95. The predicted molar refractivity (Wildman–Crippen MR) is 223 cm³/mol. The van der Waals surface area contributed by atoms with Gasteiger partial charge in [0.15, 0.2) is 0 Å². The summed E-state index contributed by atoms with van der Waals surface area (Å²) in [6.45, 7) is 3.95. The first-order chi connectivity index (χ1) is 27.2. The fourth-order valence-corrected chi connectivity index (χ4v) is 6.54. The fourth-order valence-electron chi connectivity index (χ4n) is 6.54. The number of carboxylic acid groups (broad SMARTS) is 1. The maximum Gasteiger partial charge on any atom is 0.373 e. The molecule has 7 rings (SSSR count). The highest BCUT2D eigenvalue weighted by atomic mass is 35.5. The molecule has 2 aromatic carbocycles. The Morgan fingerprint density at radius 3 is 2.00 bits per heavy atom. The summed E-state index contributed by atoms with van der Waals surface area (Å²) in [6, 6.07) is 18.1. The average molecular weight is 813 g/mol. The second-order valence-electron chi connectivity index (χ2n) is 13.9. The van der Waals surface area contributed by atoms with Crippen molar-refractivity contribution in [3.63, 3.8) is 0 Å². The third-order valence-corrected chi connectivity index (χ3v) is 9.44. The Balaban J connectivity index is 0.000000210. The minimum Gasteiger partial charge on any atom is -0.475 e. The van der Waals surface area contributed by atoms with Gasteiger partial charge in [-0.15, -0.1) is 17.5 Å². The molecule has 2 atom stereocenters. The molecule has 5 aromatic rings. The third-order valence-electron chi connectivity index (χ3n) is 9.44. The lowest BCUT2D eigenvalue weighted by Crippen LogP contribution is -2.43. The van der Waals surface area contributed by atoms with Crippen molar-refractivity contribution in [2.45, 2.75) is 64.5 Å². The Hall–Kier alpha value is -6.59. The van der Waals surface area contributed by atoms with Crippen molar-refractivity contribution in [1.29, 1.82) is 5.41 Å². The Morgan fingerprint density at radius 2 is 1.43 bits per heavy atom. The van der Waals surface area contributed by atoms with Gasteiger partial charge in [-0.05, 0) is 61.8 Å². The molecular formula is C40H49ClN12O5. The van der Waals surface area contributed by atoms with Crippen LogP contribution < -0.4 is 27.4 Å². The number of amides is 3. The third kappa shape index (κ3) is 11.5. The molecule has 0 saturated heterocycles. The number of nitrogens with one attached hydrogen (secondary N) is 5. The van der Waals surface area contributed by atoms with Crippen molar-refractivity contribution < 1.29 is 24.3 Å². The lowest BCUT2D eigenvalue weighted by molar-refractivity contribution is -0.129. The summed E-state index contributed by atoms with van der Waals surface area (Å²) in [5.74, 6) is -2.12. The van der Waals surface area contributed by atoms with Crippen LogP contribution in [-0.2, 0) is 54.2 Å². The van der Waals surface area contributed by atoms with E-state index in [1.807, 2.05) is 106 Å². The molecule has 2 aliphatic rings. The van der Waals surface area contributed by atoms with Crippen LogP contribution >= 0.6 is 12.4 Å². The molecule has 0 spiro atoms. The molecule has 5 heterocycles. The zero-order chi connectivity index (χ0) is 41.2. The highest BCUT2D eigenvalue weighted by Gasteiger charge is 2.29. The van der Waals surface area contributed by atoms with Crippen LogP contribution in [0.1, 0.15) is 62.9 Å². The number of aromatic amines is 1. The van der Waals surface area contributed by atoms with Gasteiger partial charge < -0.3 is 41.7 Å². The largest absolute Gasteiger partial charge is 0.475 e. The topological polar surface area (TPSA) is 264 Å². The van der Waals surface area contributed by atoms with Crippen molar-refractivity contribution in [3.8, 4) is 0 Å². The van der Waals surface area contributed by atoms with Crippen molar-refractivity contribution in [2.75, 3.05) is 10.6 Å². The number of aliphatic imine (C=N–C) groups is 1. The molecule has 306 valence electrons. The van der Waals surface area contributed by atoms with E-state index in [2.05, 4.69) is 40.7 Å². The summed E-state index contributed by atoms with van der Waals surface area (Å²) in [5, 5.41) is 30.7. The first-order valence-electron chi connectivity index (χ1n) is 18.3. The van der Waals surface area contributed by atoms with Crippen molar-refractivity contribution in [3.05, 3.63) is 118 Å². The lowest BCUT2D eigenvalue weighted by atomic mass is 10.1. The SMILES string of the molecule is Cc1cn(C)c2c1NC(=O)C(N)CC2.Cc1cn(C)c2c1NC(=O)C(NC(=O)c1n[nH]c(Cc3ccccc3)n1)CC2.Cl.N=C(N=C(N)Cc1ccccc1)C(=O)O. The van der Waals surface area contributed by atoms with Crippen molar-refractivity contribution in [2.24, 2.45) is 30.6 Å². The normalized spacial score (nSPS) is 15.8. The molecular weight excluding hydrogens is 764 g/mol. The number of carboxylic acids is 1. The summed E-state index contributed by atoms with van der Waals surface area (Å²) in [6.07, 6.45) is 7.71. The molecule has 0 fully saturated rings. The molecule has 18 heteroatoms. The lowest BCUT2D eigenvalue weighted by Gasteiger charge is -2.14. The molecule has 58 heavy (non-hydrogen) atoms. The number of amidine groups is 2. The molecule has 0 aliphatic carbocycles. The summed E-state index contributed by atoms with van der Waals surface area (Å²) < 4.78 is 4.07. The molecule has 10 N–H and O–H groups in total. The number of carbonyl (C=O) groups is 4. The van der Waals surface area contributed by atoms with Crippen LogP contribution in [0.5, 0.6) is 0 Å². The molecule has 2 unspecified atom stereocenters. The van der Waals surface area contributed by atoms with E-state index in [1.54, 1.807) is 0 Å². The van der Waals surface area contributed by atoms with Gasteiger partial charge >= 0.3 is 5.97 Å². The van der Waals surface area contributed by atoms with Gasteiger partial charge in [0.1, 0.15) is 17.7 Å². The Labute approximate surface area is 341 Å². The van der Waals surface area contributed by atoms with Crippen LogP contribution in [-0.4, -0.2) is 76.9 Å². The Kier molecular flexibility index (Phi) is 15.2. The zero-order valence-corrected chi connectivity index (χ0v) is 33.5. The van der Waals surface area contributed by atoms with Crippen molar-refractivity contribution in [1.82, 2.24) is 29.6 Å². The van der Waals surface area contributed by atoms with Crippen LogP contribution in [0, 0.1) is 19.3 Å². The number of H-pyrrole nitrogens is 1. The number of rotatable bonds is 6. The zero-order valence-electron chi connectivity index (χ0n) is 32.7. The molecule has 0 radical (unpaired) electrons. The number of anilines is 2. The molecule has 3 aromatic heterocycles. The number of nitrogens with zero attached hydrogens (tertiary/aromatic N) is 5. The number of aryl methyl sites for hydroxylation is 4. The molecule has 3 amide bonds. The second kappa shape index (κ2) is 20.0. The molecule has 2 aliphatic heterocycles. The minimum atomic E-state index is -1.38. The van der Waals surface area contributed by atoms with Gasteiger partial charge in [0.2, 0.25) is 23.5 Å². The van der Waals surface area contributed by atoms with Crippen LogP contribution in [0.2, 0.25) is 0 Å². The number of benzene rings is 2. The standard InChI is InChI=1S/C20H22N6O2.C10H11N3O2.C10H15N3O.ClH/c1-12-11-26(2)15-9-8-14(19(27)23-17(12)15)21-20(28)18-22-16(24-25-18)10-13-6-4-3-5-7-13;11-8(13-9(12)10(14)15)6-7-4-2-1-3-5-7;1-6-5-13(2)8-4-3-7(11)10(14)12-9(6)8;/h3-7,11,14H,8-10H2,1-2H3,(H,21,28)(H,23,27)(H,22,24,25);1-5H,6H2,(H,14,15)(H3,11,12,13);5,7H,3-4,11H2,1-2H3,(H,12,14);1H. The molecule has 17 nitrogen and oxygen atoms in total. The number of fused-ring (bicyclic) bond motifs is 2. The Bertz CT molecular complexity index is 2280. The van der Waals surface area contributed by atoms with Crippen LogP contribution in [0.4, 0.5) is 11.4 Å². The van der Waals surface area contributed by atoms with E-state index < -0.39 is 23.8 Å². The highest BCUT2D eigenvalue weighted by molar-refractivity contribution is 6.35. The number of aromatic nitrogens is 5. The number of halogens is 1. The summed E-state index contributed by atoms with van der Waals surface area (Å²) in [5.41, 5.74) is 19.3.